The summed E-state index contributed by atoms with van der Waals surface area (Å²) < 4.78 is 4.23. The molecular formula is C19H38N2O7. The van der Waals surface area contributed by atoms with Gasteiger partial charge in [0.2, 0.25) is 0 Å². The van der Waals surface area contributed by atoms with E-state index < -0.39 is 36.3 Å². The maximum Gasteiger partial charge on any atom is 0.337 e. The summed E-state index contributed by atoms with van der Waals surface area (Å²) in [6.07, 6.45) is 2.03. The number of methoxy groups -OCH3 is 1. The van der Waals surface area contributed by atoms with Gasteiger partial charge < -0.3 is 35.8 Å². The molecule has 9 nitrogen and oxygen atoms in total. The number of hydrogen-bond donors (Lipinski definition) is 6. The molecule has 0 aliphatic carbocycles. The van der Waals surface area contributed by atoms with Gasteiger partial charge in [-0.1, -0.05) is 44.9 Å². The van der Waals surface area contributed by atoms with Crippen LogP contribution in [0.3, 0.4) is 0 Å². The molecule has 0 radical (unpaired) electrons. The summed E-state index contributed by atoms with van der Waals surface area (Å²) in [7, 11) is 2.96. The molecule has 1 amide bonds. The minimum Gasteiger partial charge on any atom is -0.467 e. The zero-order chi connectivity index (χ0) is 21.4. The van der Waals surface area contributed by atoms with Crippen molar-refractivity contribution in [2.45, 2.75) is 82.2 Å². The SMILES string of the molecule is CNCCCCCCCCCCCNC(=O)[C@@H](O)[C@@H](O)[C@H](O)[C@@H](O)C(=O)OC. The molecule has 0 aromatic rings. The fourth-order valence-electron chi connectivity index (χ4n) is 2.77. The molecule has 9 heteroatoms. The summed E-state index contributed by atoms with van der Waals surface area (Å²) in [4.78, 5) is 22.9. The van der Waals surface area contributed by atoms with E-state index in [2.05, 4.69) is 15.4 Å². The number of unbranched alkanes of at least 4 members (excludes halogenated alkanes) is 8. The molecule has 0 bridgehead atoms. The lowest BCUT2D eigenvalue weighted by molar-refractivity contribution is -0.169. The summed E-state index contributed by atoms with van der Waals surface area (Å²) in [6, 6.07) is 0. The summed E-state index contributed by atoms with van der Waals surface area (Å²) in [5.74, 6) is -2.04. The average Bonchev–Trinajstić information content (AvgIpc) is 2.71. The molecule has 0 heterocycles. The van der Waals surface area contributed by atoms with Crippen LogP contribution in [0.5, 0.6) is 0 Å². The molecule has 28 heavy (non-hydrogen) atoms. The largest absolute Gasteiger partial charge is 0.467 e. The predicted octanol–water partition coefficient (Wildman–Crippen LogP) is -0.550. The number of hydrogen-bond acceptors (Lipinski definition) is 8. The minimum absolute atomic E-state index is 0.336. The number of carbonyl (C=O) groups is 2. The maximum atomic E-state index is 11.8. The zero-order valence-electron chi connectivity index (χ0n) is 17.1. The van der Waals surface area contributed by atoms with Crippen LogP contribution in [0.4, 0.5) is 0 Å². The van der Waals surface area contributed by atoms with Crippen molar-refractivity contribution in [3.8, 4) is 0 Å². The Hall–Kier alpha value is -1.26. The number of nitrogens with one attached hydrogen (secondary N) is 2. The minimum atomic E-state index is -2.05. The summed E-state index contributed by atoms with van der Waals surface area (Å²) in [5, 5.41) is 44.2. The maximum absolute atomic E-state index is 11.8. The Morgan fingerprint density at radius 2 is 1.18 bits per heavy atom. The van der Waals surface area contributed by atoms with Crippen LogP contribution in [0, 0.1) is 0 Å². The second-order valence-electron chi connectivity index (χ2n) is 6.97. The first-order valence-corrected chi connectivity index (χ1v) is 10.1. The second-order valence-corrected chi connectivity index (χ2v) is 6.97. The first-order chi connectivity index (χ1) is 13.4. The van der Waals surface area contributed by atoms with Gasteiger partial charge in [-0.25, -0.2) is 4.79 Å². The van der Waals surface area contributed by atoms with Crippen molar-refractivity contribution in [3.05, 3.63) is 0 Å². The van der Waals surface area contributed by atoms with Crippen molar-refractivity contribution in [3.63, 3.8) is 0 Å². The van der Waals surface area contributed by atoms with Crippen LogP contribution in [-0.4, -0.2) is 84.0 Å². The summed E-state index contributed by atoms with van der Waals surface area (Å²) in [6.45, 7) is 1.41. The van der Waals surface area contributed by atoms with E-state index in [1.807, 2.05) is 7.05 Å². The number of carbonyl (C=O) groups excluding carboxylic acids is 2. The molecule has 0 aliphatic rings. The molecule has 0 fully saturated rings. The summed E-state index contributed by atoms with van der Waals surface area (Å²) in [5.41, 5.74) is 0. The number of ether oxygens (including phenoxy) is 1. The smallest absolute Gasteiger partial charge is 0.337 e. The van der Waals surface area contributed by atoms with Gasteiger partial charge in [0.1, 0.15) is 12.2 Å². The van der Waals surface area contributed by atoms with Gasteiger partial charge in [0.25, 0.3) is 5.91 Å². The van der Waals surface area contributed by atoms with Crippen LogP contribution in [0.2, 0.25) is 0 Å². The molecule has 0 aromatic heterocycles. The lowest BCUT2D eigenvalue weighted by atomic mass is 10.0. The molecule has 0 unspecified atom stereocenters. The van der Waals surface area contributed by atoms with Gasteiger partial charge in [0, 0.05) is 6.54 Å². The lowest BCUT2D eigenvalue weighted by Gasteiger charge is -2.24. The first-order valence-electron chi connectivity index (χ1n) is 10.1. The highest BCUT2D eigenvalue weighted by atomic mass is 16.5. The van der Waals surface area contributed by atoms with E-state index in [1.165, 1.54) is 32.1 Å². The van der Waals surface area contributed by atoms with Gasteiger partial charge in [0.15, 0.2) is 12.2 Å². The van der Waals surface area contributed by atoms with E-state index in [0.717, 1.165) is 39.3 Å². The van der Waals surface area contributed by atoms with Crippen molar-refractivity contribution >= 4 is 11.9 Å². The highest BCUT2D eigenvalue weighted by Gasteiger charge is 2.37. The Kier molecular flexibility index (Phi) is 15.9. The fraction of sp³-hybridized carbons (Fsp3) is 0.895. The van der Waals surface area contributed by atoms with Crippen molar-refractivity contribution < 1.29 is 34.8 Å². The summed E-state index contributed by atoms with van der Waals surface area (Å²) >= 11 is 0. The molecule has 0 aliphatic heterocycles. The van der Waals surface area contributed by atoms with E-state index in [9.17, 15) is 30.0 Å². The Morgan fingerprint density at radius 1 is 0.750 bits per heavy atom. The third kappa shape index (κ3) is 11.6. The Balaban J connectivity index is 3.78. The number of aliphatic hydroxyl groups excluding tert-OH is 4. The van der Waals surface area contributed by atoms with E-state index >= 15 is 0 Å². The third-order valence-electron chi connectivity index (χ3n) is 4.61. The zero-order valence-corrected chi connectivity index (χ0v) is 17.1. The standard InChI is InChI=1S/C19H38N2O7/c1-20-12-10-8-6-4-3-5-7-9-11-13-21-18(26)16(24)14(22)15(23)17(25)19(27)28-2/h14-17,20,22-25H,3-13H2,1-2H3,(H,21,26)/t14-,15-,16-,17+/m0/s1. The van der Waals surface area contributed by atoms with Crippen LogP contribution in [0.15, 0.2) is 0 Å². The third-order valence-corrected chi connectivity index (χ3v) is 4.61. The molecule has 0 saturated heterocycles. The highest BCUT2D eigenvalue weighted by molar-refractivity contribution is 5.81. The van der Waals surface area contributed by atoms with Crippen LogP contribution >= 0.6 is 0 Å². The number of esters is 1. The van der Waals surface area contributed by atoms with Crippen LogP contribution < -0.4 is 10.6 Å². The van der Waals surface area contributed by atoms with Crippen molar-refractivity contribution in [2.24, 2.45) is 0 Å². The van der Waals surface area contributed by atoms with Crippen LogP contribution in [0.25, 0.3) is 0 Å². The van der Waals surface area contributed by atoms with Crippen molar-refractivity contribution in [2.75, 3.05) is 27.2 Å². The molecule has 6 N–H and O–H groups in total. The topological polar surface area (TPSA) is 148 Å². The fourth-order valence-corrected chi connectivity index (χ4v) is 2.77. The molecule has 4 atom stereocenters. The number of aliphatic hydroxyl groups is 4. The quantitative estimate of drug-likeness (QED) is 0.139. The van der Waals surface area contributed by atoms with Crippen LogP contribution in [0.1, 0.15) is 57.8 Å². The Morgan fingerprint density at radius 3 is 1.64 bits per heavy atom. The van der Waals surface area contributed by atoms with E-state index in [0.29, 0.717) is 6.54 Å². The van der Waals surface area contributed by atoms with Crippen molar-refractivity contribution in [1.29, 1.82) is 0 Å². The average molecular weight is 407 g/mol. The molecule has 166 valence electrons. The van der Waals surface area contributed by atoms with Gasteiger partial charge in [-0.3, -0.25) is 4.79 Å². The van der Waals surface area contributed by atoms with E-state index in [-0.39, 0.29) is 0 Å². The van der Waals surface area contributed by atoms with Crippen LogP contribution in [-0.2, 0) is 14.3 Å². The van der Waals surface area contributed by atoms with E-state index in [1.54, 1.807) is 0 Å². The van der Waals surface area contributed by atoms with Gasteiger partial charge in [0.05, 0.1) is 7.11 Å². The molecule has 0 aromatic carbocycles. The number of amides is 1. The van der Waals surface area contributed by atoms with Gasteiger partial charge in [-0.15, -0.1) is 0 Å². The normalized spacial score (nSPS) is 15.5. The predicted molar refractivity (Wildman–Crippen MR) is 105 cm³/mol. The monoisotopic (exact) mass is 406 g/mol. The lowest BCUT2D eigenvalue weighted by Crippen LogP contribution is -2.52. The Labute approximate surface area is 167 Å². The van der Waals surface area contributed by atoms with Gasteiger partial charge in [-0.05, 0) is 26.4 Å². The van der Waals surface area contributed by atoms with E-state index in [4.69, 9.17) is 0 Å². The highest BCUT2D eigenvalue weighted by Crippen LogP contribution is 2.10. The molecule has 0 saturated carbocycles. The second kappa shape index (κ2) is 16.7. The molecular weight excluding hydrogens is 368 g/mol. The Bertz CT molecular complexity index is 423. The molecule has 0 spiro atoms. The van der Waals surface area contributed by atoms with Gasteiger partial charge >= 0.3 is 5.97 Å². The van der Waals surface area contributed by atoms with Gasteiger partial charge in [-0.2, -0.15) is 0 Å². The van der Waals surface area contributed by atoms with Crippen molar-refractivity contribution in [1.82, 2.24) is 10.6 Å². The number of rotatable bonds is 17. The molecule has 0 rings (SSSR count). The first kappa shape index (κ1) is 26.7.